The number of ether oxygens (including phenoxy) is 1. The summed E-state index contributed by atoms with van der Waals surface area (Å²) in [5.74, 6) is 1.22. The van der Waals surface area contributed by atoms with Crippen LogP contribution < -0.4 is 10.1 Å². The molecule has 1 heterocycles. The quantitative estimate of drug-likeness (QED) is 0.903. The fraction of sp³-hybridized carbons (Fsp3) is 0.579. The van der Waals surface area contributed by atoms with E-state index in [0.29, 0.717) is 24.5 Å². The third-order valence-electron chi connectivity index (χ3n) is 4.61. The number of amides is 2. The van der Waals surface area contributed by atoms with E-state index in [1.807, 2.05) is 43.0 Å². The van der Waals surface area contributed by atoms with Gasteiger partial charge in [-0.1, -0.05) is 12.1 Å². The van der Waals surface area contributed by atoms with Crippen LogP contribution >= 0.6 is 0 Å². The number of piperidine rings is 1. The van der Waals surface area contributed by atoms with E-state index in [1.54, 1.807) is 0 Å². The second-order valence-electron chi connectivity index (χ2n) is 7.03. The molecule has 24 heavy (non-hydrogen) atoms. The zero-order chi connectivity index (χ0) is 17.1. The Hall–Kier alpha value is -2.04. The molecule has 2 amide bonds. The van der Waals surface area contributed by atoms with Crippen LogP contribution in [0.2, 0.25) is 0 Å². The van der Waals surface area contributed by atoms with Crippen LogP contribution in [-0.2, 0) is 9.59 Å². The molecule has 1 aliphatic carbocycles. The Morgan fingerprint density at radius 1 is 1.08 bits per heavy atom. The molecule has 2 aliphatic rings. The lowest BCUT2D eigenvalue weighted by molar-refractivity contribution is -0.135. The first-order valence-electron chi connectivity index (χ1n) is 8.90. The highest BCUT2D eigenvalue weighted by atomic mass is 16.5. The number of para-hydroxylation sites is 2. The number of rotatable bonds is 5. The van der Waals surface area contributed by atoms with E-state index in [2.05, 4.69) is 5.32 Å². The largest absolute Gasteiger partial charge is 0.489 e. The summed E-state index contributed by atoms with van der Waals surface area (Å²) in [5.41, 5.74) is 0.715. The number of hydrogen-bond donors (Lipinski definition) is 1. The molecule has 0 radical (unpaired) electrons. The Kier molecular flexibility index (Phi) is 5.07. The average molecular weight is 330 g/mol. The van der Waals surface area contributed by atoms with E-state index in [0.717, 1.165) is 25.7 Å². The molecule has 0 aromatic heterocycles. The number of benzene rings is 1. The van der Waals surface area contributed by atoms with Gasteiger partial charge in [-0.15, -0.1) is 0 Å². The number of likely N-dealkylation sites (tertiary alicyclic amines) is 1. The van der Waals surface area contributed by atoms with Crippen molar-refractivity contribution in [3.8, 4) is 5.75 Å². The maximum absolute atomic E-state index is 12.6. The molecular formula is C19H26N2O3. The van der Waals surface area contributed by atoms with Crippen molar-refractivity contribution >= 4 is 17.5 Å². The third kappa shape index (κ3) is 4.08. The molecule has 0 unspecified atom stereocenters. The van der Waals surface area contributed by atoms with Gasteiger partial charge in [0, 0.05) is 24.9 Å². The van der Waals surface area contributed by atoms with Gasteiger partial charge >= 0.3 is 0 Å². The third-order valence-corrected chi connectivity index (χ3v) is 4.61. The van der Waals surface area contributed by atoms with Crippen molar-refractivity contribution in [2.45, 2.75) is 45.6 Å². The molecule has 1 N–H and O–H groups in total. The van der Waals surface area contributed by atoms with Crippen molar-refractivity contribution in [1.29, 1.82) is 0 Å². The zero-order valence-electron chi connectivity index (χ0n) is 14.5. The topological polar surface area (TPSA) is 58.6 Å². The van der Waals surface area contributed by atoms with Crippen LogP contribution in [0.4, 0.5) is 5.69 Å². The molecule has 1 aromatic carbocycles. The molecule has 0 spiro atoms. The predicted molar refractivity (Wildman–Crippen MR) is 92.9 cm³/mol. The lowest BCUT2D eigenvalue weighted by Crippen LogP contribution is -2.42. The van der Waals surface area contributed by atoms with Crippen LogP contribution in [-0.4, -0.2) is 35.9 Å². The van der Waals surface area contributed by atoms with Gasteiger partial charge in [-0.2, -0.15) is 0 Å². The van der Waals surface area contributed by atoms with E-state index < -0.39 is 0 Å². The number of hydrogen-bond acceptors (Lipinski definition) is 3. The number of carbonyl (C=O) groups is 2. The van der Waals surface area contributed by atoms with Crippen LogP contribution in [0.15, 0.2) is 24.3 Å². The summed E-state index contributed by atoms with van der Waals surface area (Å²) < 4.78 is 5.75. The van der Waals surface area contributed by atoms with Crippen molar-refractivity contribution in [2.75, 3.05) is 18.4 Å². The Morgan fingerprint density at radius 2 is 1.75 bits per heavy atom. The van der Waals surface area contributed by atoms with Crippen molar-refractivity contribution in [3.05, 3.63) is 24.3 Å². The standard InChI is InChI=1S/C19H26N2O3/c1-13(2)24-17-6-4-3-5-16(17)20-18(22)14-9-11-21(12-10-14)19(23)15-7-8-15/h3-6,13-15H,7-12H2,1-2H3,(H,20,22). The maximum Gasteiger partial charge on any atom is 0.227 e. The van der Waals surface area contributed by atoms with Crippen molar-refractivity contribution in [1.82, 2.24) is 4.90 Å². The first-order chi connectivity index (χ1) is 11.5. The molecule has 1 saturated carbocycles. The summed E-state index contributed by atoms with van der Waals surface area (Å²) >= 11 is 0. The second-order valence-corrected chi connectivity index (χ2v) is 7.03. The normalized spacial score (nSPS) is 18.5. The highest BCUT2D eigenvalue weighted by molar-refractivity contribution is 5.94. The minimum Gasteiger partial charge on any atom is -0.489 e. The van der Waals surface area contributed by atoms with Crippen LogP contribution in [0.5, 0.6) is 5.75 Å². The summed E-state index contributed by atoms with van der Waals surface area (Å²) in [6, 6.07) is 7.52. The van der Waals surface area contributed by atoms with E-state index in [-0.39, 0.29) is 29.8 Å². The molecule has 1 saturated heterocycles. The zero-order valence-corrected chi connectivity index (χ0v) is 14.5. The van der Waals surface area contributed by atoms with Gasteiger partial charge < -0.3 is 15.0 Å². The number of carbonyl (C=O) groups excluding carboxylic acids is 2. The van der Waals surface area contributed by atoms with Gasteiger partial charge in [-0.3, -0.25) is 9.59 Å². The van der Waals surface area contributed by atoms with Crippen LogP contribution in [0.3, 0.4) is 0 Å². The fourth-order valence-electron chi connectivity index (χ4n) is 3.11. The van der Waals surface area contributed by atoms with Gasteiger partial charge in [0.15, 0.2) is 0 Å². The summed E-state index contributed by atoms with van der Waals surface area (Å²) in [4.78, 5) is 26.6. The molecule has 5 nitrogen and oxygen atoms in total. The lowest BCUT2D eigenvalue weighted by atomic mass is 9.95. The van der Waals surface area contributed by atoms with E-state index in [4.69, 9.17) is 4.74 Å². The Balaban J connectivity index is 1.55. The summed E-state index contributed by atoms with van der Waals surface area (Å²) in [6.07, 6.45) is 3.59. The number of anilines is 1. The number of nitrogens with zero attached hydrogens (tertiary/aromatic N) is 1. The molecule has 130 valence electrons. The van der Waals surface area contributed by atoms with Gasteiger partial charge in [0.2, 0.25) is 11.8 Å². The van der Waals surface area contributed by atoms with Gasteiger partial charge in [-0.25, -0.2) is 0 Å². The van der Waals surface area contributed by atoms with E-state index >= 15 is 0 Å². The minimum atomic E-state index is -0.0413. The molecule has 2 fully saturated rings. The SMILES string of the molecule is CC(C)Oc1ccccc1NC(=O)C1CCN(C(=O)C2CC2)CC1. The van der Waals surface area contributed by atoms with Gasteiger partial charge in [-0.05, 0) is 51.7 Å². The first-order valence-corrected chi connectivity index (χ1v) is 8.90. The predicted octanol–water partition coefficient (Wildman–Crippen LogP) is 3.06. The molecule has 0 atom stereocenters. The Labute approximate surface area is 143 Å². The van der Waals surface area contributed by atoms with Gasteiger partial charge in [0.25, 0.3) is 0 Å². The Bertz CT molecular complexity index is 602. The molecule has 1 aromatic rings. The van der Waals surface area contributed by atoms with Gasteiger partial charge in [0.1, 0.15) is 5.75 Å². The monoisotopic (exact) mass is 330 g/mol. The summed E-state index contributed by atoms with van der Waals surface area (Å²) in [7, 11) is 0. The number of nitrogens with one attached hydrogen (secondary N) is 1. The fourth-order valence-corrected chi connectivity index (χ4v) is 3.11. The van der Waals surface area contributed by atoms with Gasteiger partial charge in [0.05, 0.1) is 11.8 Å². The van der Waals surface area contributed by atoms with Crippen molar-refractivity contribution < 1.29 is 14.3 Å². The molecule has 3 rings (SSSR count). The van der Waals surface area contributed by atoms with Crippen molar-refractivity contribution in [2.24, 2.45) is 11.8 Å². The highest BCUT2D eigenvalue weighted by Crippen LogP contribution is 2.33. The van der Waals surface area contributed by atoms with Crippen LogP contribution in [0.25, 0.3) is 0 Å². The van der Waals surface area contributed by atoms with E-state index in [1.165, 1.54) is 0 Å². The Morgan fingerprint density at radius 3 is 2.38 bits per heavy atom. The summed E-state index contributed by atoms with van der Waals surface area (Å²) in [6.45, 7) is 5.31. The minimum absolute atomic E-state index is 0.0216. The van der Waals surface area contributed by atoms with Crippen molar-refractivity contribution in [3.63, 3.8) is 0 Å². The average Bonchev–Trinajstić information content (AvgIpc) is 3.40. The van der Waals surface area contributed by atoms with E-state index in [9.17, 15) is 9.59 Å². The summed E-state index contributed by atoms with van der Waals surface area (Å²) in [5, 5.41) is 3.00. The highest BCUT2D eigenvalue weighted by Gasteiger charge is 2.36. The molecular weight excluding hydrogens is 304 g/mol. The van der Waals surface area contributed by atoms with Crippen LogP contribution in [0, 0.1) is 11.8 Å². The smallest absolute Gasteiger partial charge is 0.227 e. The van der Waals surface area contributed by atoms with Crippen LogP contribution in [0.1, 0.15) is 39.5 Å². The lowest BCUT2D eigenvalue weighted by Gasteiger charge is -2.31. The second kappa shape index (κ2) is 7.24. The maximum atomic E-state index is 12.6. The molecule has 1 aliphatic heterocycles. The first kappa shape index (κ1) is 16.8. The molecule has 5 heteroatoms. The molecule has 0 bridgehead atoms.